The molecule has 11 heteroatoms. The number of hydrogen-bond donors (Lipinski definition) is 3. The van der Waals surface area contributed by atoms with Gasteiger partial charge in [-0.25, -0.2) is 18.0 Å². The van der Waals surface area contributed by atoms with Gasteiger partial charge >= 0.3 is 6.09 Å². The number of halogens is 3. The normalized spacial score (nSPS) is 28.4. The molecule has 3 aliphatic rings. The lowest BCUT2D eigenvalue weighted by Crippen LogP contribution is -2.53. The van der Waals surface area contributed by atoms with E-state index in [1.165, 1.54) is 12.1 Å². The molecule has 0 aromatic heterocycles. The van der Waals surface area contributed by atoms with Crippen LogP contribution in [0.5, 0.6) is 0 Å². The van der Waals surface area contributed by atoms with Gasteiger partial charge in [-0.15, -0.1) is 0 Å². The topological polar surface area (TPSA) is 99.8 Å². The first-order valence-corrected chi connectivity index (χ1v) is 13.3. The van der Waals surface area contributed by atoms with E-state index in [0.717, 1.165) is 6.07 Å². The molecule has 3 fully saturated rings. The molecule has 8 nitrogen and oxygen atoms in total. The number of imide groups is 1. The fourth-order valence-corrected chi connectivity index (χ4v) is 5.65. The number of nitrogens with zero attached hydrogens (tertiary/aromatic N) is 1. The number of nitrogens with one attached hydrogen (secondary N) is 3. The predicted octanol–water partition coefficient (Wildman–Crippen LogP) is 4.30. The third-order valence-electron chi connectivity index (χ3n) is 7.52. The van der Waals surface area contributed by atoms with Crippen molar-refractivity contribution in [1.29, 1.82) is 0 Å². The van der Waals surface area contributed by atoms with Crippen LogP contribution < -0.4 is 16.0 Å². The number of carbonyl (C=O) groups excluding carboxylic acids is 3. The molecular weight excluding hydrogens is 501 g/mol. The summed E-state index contributed by atoms with van der Waals surface area (Å²) in [5.74, 6) is -5.93. The Morgan fingerprint density at radius 3 is 2.42 bits per heavy atom. The Kier molecular flexibility index (Phi) is 8.25. The highest BCUT2D eigenvalue weighted by atomic mass is 19.3. The molecule has 3 N–H and O–H groups in total. The summed E-state index contributed by atoms with van der Waals surface area (Å²) in [5, 5.41) is 7.98. The number of hydrogen-bond acceptors (Lipinski definition) is 6. The van der Waals surface area contributed by atoms with Crippen molar-refractivity contribution in [2.24, 2.45) is 0 Å². The third-order valence-corrected chi connectivity index (χ3v) is 7.52. The van der Waals surface area contributed by atoms with E-state index in [2.05, 4.69) is 16.0 Å². The molecule has 2 aliphatic heterocycles. The maximum absolute atomic E-state index is 15.3. The fourth-order valence-electron chi connectivity index (χ4n) is 5.65. The van der Waals surface area contributed by atoms with Gasteiger partial charge in [0.2, 0.25) is 11.8 Å². The molecule has 210 valence electrons. The summed E-state index contributed by atoms with van der Waals surface area (Å²) in [6.07, 6.45) is 2.87. The first kappa shape index (κ1) is 28.2. The SMILES string of the molecule is CC(C)(C)OC(=O)N[C@H]1CC[C@H](N2CCC(c3ccc(NC4CCC(=O)NC4=O)cc3F)C(F)(F)C2)CC1. The molecule has 4 rings (SSSR count). The lowest BCUT2D eigenvalue weighted by atomic mass is 9.83. The highest BCUT2D eigenvalue weighted by Gasteiger charge is 2.48. The van der Waals surface area contributed by atoms with Crippen molar-refractivity contribution in [3.05, 3.63) is 29.6 Å². The molecule has 1 aromatic carbocycles. The van der Waals surface area contributed by atoms with Gasteiger partial charge in [-0.2, -0.15) is 0 Å². The number of amides is 3. The van der Waals surface area contributed by atoms with E-state index in [1.807, 2.05) is 0 Å². The van der Waals surface area contributed by atoms with Gasteiger partial charge in [0.05, 0.1) is 12.5 Å². The van der Waals surface area contributed by atoms with Crippen molar-refractivity contribution in [3.8, 4) is 0 Å². The lowest BCUT2D eigenvalue weighted by molar-refractivity contribution is -0.133. The zero-order chi connectivity index (χ0) is 27.7. The summed E-state index contributed by atoms with van der Waals surface area (Å²) in [6, 6.07) is 3.27. The van der Waals surface area contributed by atoms with Gasteiger partial charge in [0.15, 0.2) is 0 Å². The number of rotatable bonds is 5. The quantitative estimate of drug-likeness (QED) is 0.484. The summed E-state index contributed by atoms with van der Waals surface area (Å²) < 4.78 is 51.0. The van der Waals surface area contributed by atoms with E-state index in [0.29, 0.717) is 37.9 Å². The van der Waals surface area contributed by atoms with E-state index in [4.69, 9.17) is 4.74 Å². The van der Waals surface area contributed by atoms with Crippen LogP contribution in [0.4, 0.5) is 23.7 Å². The monoisotopic (exact) mass is 538 g/mol. The maximum atomic E-state index is 15.3. The molecule has 2 atom stereocenters. The zero-order valence-electron chi connectivity index (χ0n) is 22.1. The van der Waals surface area contributed by atoms with Crippen LogP contribution in [0, 0.1) is 5.82 Å². The maximum Gasteiger partial charge on any atom is 0.407 e. The molecule has 1 aromatic rings. The number of likely N-dealkylation sites (tertiary alicyclic amines) is 1. The van der Waals surface area contributed by atoms with Crippen molar-refractivity contribution >= 4 is 23.6 Å². The van der Waals surface area contributed by atoms with Crippen molar-refractivity contribution in [2.75, 3.05) is 18.4 Å². The van der Waals surface area contributed by atoms with E-state index >= 15 is 13.2 Å². The highest BCUT2D eigenvalue weighted by Crippen LogP contribution is 2.43. The Labute approximate surface area is 221 Å². The number of carbonyl (C=O) groups is 3. The van der Waals surface area contributed by atoms with Crippen molar-refractivity contribution in [1.82, 2.24) is 15.5 Å². The van der Waals surface area contributed by atoms with E-state index in [9.17, 15) is 14.4 Å². The first-order chi connectivity index (χ1) is 17.8. The molecular formula is C27H37F3N4O4. The second-order valence-electron chi connectivity index (χ2n) is 11.6. The van der Waals surface area contributed by atoms with Gasteiger partial charge in [0, 0.05) is 24.2 Å². The third kappa shape index (κ3) is 6.98. The van der Waals surface area contributed by atoms with Crippen LogP contribution in [0.3, 0.4) is 0 Å². The standard InChI is InChI=1S/C27H37F3N4O4/c1-26(2,3)38-25(37)32-16-4-7-18(8-5-16)34-13-12-20(27(29,30)15-34)19-9-6-17(14-21(19)28)31-22-10-11-23(35)33-24(22)36/h6,9,14,16,18,20,22,31H,4-5,7-8,10-13,15H2,1-3H3,(H,32,37)(H,33,35,36)/t16-,18-,20?,22?. The second kappa shape index (κ2) is 11.1. The van der Waals surface area contributed by atoms with Crippen LogP contribution in [0.15, 0.2) is 18.2 Å². The molecule has 1 saturated carbocycles. The Morgan fingerprint density at radius 1 is 1.11 bits per heavy atom. The van der Waals surface area contributed by atoms with Crippen LogP contribution in [-0.4, -0.2) is 65.5 Å². The van der Waals surface area contributed by atoms with Gasteiger partial charge < -0.3 is 15.4 Å². The van der Waals surface area contributed by atoms with Crippen LogP contribution in [0.2, 0.25) is 0 Å². The minimum Gasteiger partial charge on any atom is -0.444 e. The molecule has 2 unspecified atom stereocenters. The minimum atomic E-state index is -3.11. The number of benzene rings is 1. The van der Waals surface area contributed by atoms with Crippen molar-refractivity contribution < 1.29 is 32.3 Å². The Bertz CT molecular complexity index is 1050. The van der Waals surface area contributed by atoms with Crippen LogP contribution in [0.25, 0.3) is 0 Å². The average molecular weight is 539 g/mol. The second-order valence-corrected chi connectivity index (χ2v) is 11.6. The Hall–Kier alpha value is -2.82. The molecule has 38 heavy (non-hydrogen) atoms. The molecule has 3 amide bonds. The van der Waals surface area contributed by atoms with Gasteiger partial charge in [0.25, 0.3) is 5.92 Å². The van der Waals surface area contributed by atoms with Crippen LogP contribution in [0.1, 0.15) is 77.2 Å². The average Bonchev–Trinajstić information content (AvgIpc) is 2.80. The number of alkyl halides is 2. The number of ether oxygens (including phenoxy) is 1. The lowest BCUT2D eigenvalue weighted by Gasteiger charge is -2.44. The highest BCUT2D eigenvalue weighted by molar-refractivity contribution is 6.01. The van der Waals surface area contributed by atoms with E-state index < -0.39 is 47.8 Å². The zero-order valence-corrected chi connectivity index (χ0v) is 22.1. The fraction of sp³-hybridized carbons (Fsp3) is 0.667. The first-order valence-electron chi connectivity index (χ1n) is 13.3. The largest absolute Gasteiger partial charge is 0.444 e. The molecule has 1 aliphatic carbocycles. The Balaban J connectivity index is 1.31. The van der Waals surface area contributed by atoms with Crippen LogP contribution >= 0.6 is 0 Å². The van der Waals surface area contributed by atoms with E-state index in [-0.39, 0.29) is 42.8 Å². The summed E-state index contributed by atoms with van der Waals surface area (Å²) in [4.78, 5) is 37.1. The molecule has 0 radical (unpaired) electrons. The molecule has 0 spiro atoms. The van der Waals surface area contributed by atoms with Gasteiger partial charge in [-0.3, -0.25) is 19.8 Å². The van der Waals surface area contributed by atoms with E-state index in [1.54, 1.807) is 25.7 Å². The number of alkyl carbamates (subject to hydrolysis) is 1. The molecule has 0 bridgehead atoms. The smallest absolute Gasteiger partial charge is 0.407 e. The molecule has 2 heterocycles. The van der Waals surface area contributed by atoms with Crippen molar-refractivity contribution in [3.63, 3.8) is 0 Å². The summed E-state index contributed by atoms with van der Waals surface area (Å²) >= 11 is 0. The summed E-state index contributed by atoms with van der Waals surface area (Å²) in [7, 11) is 0. The summed E-state index contributed by atoms with van der Waals surface area (Å²) in [6.45, 7) is 5.39. The minimum absolute atomic E-state index is 0.0107. The predicted molar refractivity (Wildman–Crippen MR) is 135 cm³/mol. The van der Waals surface area contributed by atoms with Gasteiger partial charge in [-0.05, 0) is 83.5 Å². The van der Waals surface area contributed by atoms with Crippen molar-refractivity contribution in [2.45, 2.75) is 101 Å². The number of anilines is 1. The molecule has 2 saturated heterocycles. The van der Waals surface area contributed by atoms with Crippen LogP contribution in [-0.2, 0) is 14.3 Å². The summed E-state index contributed by atoms with van der Waals surface area (Å²) in [5.41, 5.74) is -0.312. The van der Waals surface area contributed by atoms with Gasteiger partial charge in [-0.1, -0.05) is 6.07 Å². The Morgan fingerprint density at radius 2 is 1.82 bits per heavy atom. The number of piperidine rings is 2. The van der Waals surface area contributed by atoms with Gasteiger partial charge in [0.1, 0.15) is 17.5 Å².